The molecule has 1 aliphatic rings. The van der Waals surface area contributed by atoms with Crippen LogP contribution in [0.25, 0.3) is 0 Å². The molecule has 0 saturated carbocycles. The number of sulfonamides is 1. The zero-order valence-corrected chi connectivity index (χ0v) is 17.2. The van der Waals surface area contributed by atoms with E-state index < -0.39 is 10.0 Å². The van der Waals surface area contributed by atoms with Gasteiger partial charge in [-0.1, -0.05) is 36.4 Å². The third kappa shape index (κ3) is 3.99. The summed E-state index contributed by atoms with van der Waals surface area (Å²) in [5.74, 6) is 0.510. The van der Waals surface area contributed by atoms with Crippen LogP contribution in [0.5, 0.6) is 0 Å². The van der Waals surface area contributed by atoms with Crippen LogP contribution in [0.2, 0.25) is 0 Å². The van der Waals surface area contributed by atoms with Crippen molar-refractivity contribution < 1.29 is 17.6 Å². The number of benzene rings is 2. The number of anilines is 1. The van der Waals surface area contributed by atoms with Gasteiger partial charge in [0.25, 0.3) is 15.9 Å². The first-order valence-corrected chi connectivity index (χ1v) is 11.1. The minimum atomic E-state index is -3.77. The number of carbonyl (C=O) groups excluding carboxylic acids is 1. The quantitative estimate of drug-likeness (QED) is 0.609. The SMILES string of the molecule is Cc1c(C(=O)Nc2ccccc2)oc2c1/C(=N/NS(=O)(=O)c1ccccc1)CCC2. The van der Waals surface area contributed by atoms with E-state index in [-0.39, 0.29) is 16.6 Å². The molecule has 1 amide bonds. The highest BCUT2D eigenvalue weighted by molar-refractivity contribution is 7.89. The Kier molecular flexibility index (Phi) is 5.41. The Balaban J connectivity index is 1.61. The van der Waals surface area contributed by atoms with Gasteiger partial charge in [-0.3, -0.25) is 4.79 Å². The molecule has 0 atom stereocenters. The molecular formula is C22H21N3O4S. The lowest BCUT2D eigenvalue weighted by molar-refractivity contribution is 0.0994. The number of nitrogens with zero attached hydrogens (tertiary/aromatic N) is 1. The lowest BCUT2D eigenvalue weighted by Crippen LogP contribution is -2.22. The monoisotopic (exact) mass is 423 g/mol. The van der Waals surface area contributed by atoms with Crippen molar-refractivity contribution in [1.82, 2.24) is 4.83 Å². The lowest BCUT2D eigenvalue weighted by atomic mass is 9.93. The van der Waals surface area contributed by atoms with Gasteiger partial charge in [0.05, 0.1) is 10.6 Å². The summed E-state index contributed by atoms with van der Waals surface area (Å²) in [6, 6.07) is 17.2. The third-order valence-electron chi connectivity index (χ3n) is 4.92. The van der Waals surface area contributed by atoms with E-state index in [2.05, 4.69) is 15.2 Å². The number of hydrogen-bond donors (Lipinski definition) is 2. The van der Waals surface area contributed by atoms with Gasteiger partial charge < -0.3 is 9.73 Å². The van der Waals surface area contributed by atoms with Gasteiger partial charge >= 0.3 is 0 Å². The Morgan fingerprint density at radius 3 is 2.37 bits per heavy atom. The van der Waals surface area contributed by atoms with Crippen LogP contribution in [-0.2, 0) is 16.4 Å². The van der Waals surface area contributed by atoms with Crippen LogP contribution in [-0.4, -0.2) is 20.0 Å². The standard InChI is InChI=1S/C22H21N3O4S/c1-15-20-18(24-25-30(27,28)17-11-6-3-7-12-17)13-8-14-19(20)29-21(15)22(26)23-16-9-4-2-5-10-16/h2-7,9-12,25H,8,13-14H2,1H3,(H,23,26)/b24-18+. The maximum atomic E-state index is 12.7. The average molecular weight is 423 g/mol. The predicted molar refractivity (Wildman–Crippen MR) is 114 cm³/mol. The van der Waals surface area contributed by atoms with E-state index in [1.54, 1.807) is 37.3 Å². The van der Waals surface area contributed by atoms with Gasteiger partial charge in [-0.2, -0.15) is 18.4 Å². The summed E-state index contributed by atoms with van der Waals surface area (Å²) in [6.45, 7) is 1.79. The van der Waals surface area contributed by atoms with Crippen molar-refractivity contribution in [3.8, 4) is 0 Å². The molecule has 8 heteroatoms. The second kappa shape index (κ2) is 8.16. The van der Waals surface area contributed by atoms with E-state index >= 15 is 0 Å². The lowest BCUT2D eigenvalue weighted by Gasteiger charge is -2.14. The first kappa shape index (κ1) is 19.9. The molecule has 1 heterocycles. The van der Waals surface area contributed by atoms with Gasteiger partial charge in [-0.25, -0.2) is 0 Å². The van der Waals surface area contributed by atoms with E-state index in [0.29, 0.717) is 41.1 Å². The molecule has 0 bridgehead atoms. The van der Waals surface area contributed by atoms with E-state index in [9.17, 15) is 13.2 Å². The number of rotatable bonds is 5. The number of carbonyl (C=O) groups is 1. The maximum absolute atomic E-state index is 12.7. The molecule has 0 fully saturated rings. The highest BCUT2D eigenvalue weighted by Gasteiger charge is 2.28. The van der Waals surface area contributed by atoms with Gasteiger partial charge in [0, 0.05) is 23.2 Å². The Labute approximate surface area is 174 Å². The molecular weight excluding hydrogens is 402 g/mol. The fourth-order valence-corrected chi connectivity index (χ4v) is 4.32. The van der Waals surface area contributed by atoms with Gasteiger partial charge in [0.15, 0.2) is 5.76 Å². The molecule has 0 radical (unpaired) electrons. The third-order valence-corrected chi connectivity index (χ3v) is 6.14. The van der Waals surface area contributed by atoms with Crippen molar-refractivity contribution in [2.75, 3.05) is 5.32 Å². The molecule has 0 aliphatic heterocycles. The smallest absolute Gasteiger partial charge is 0.291 e. The fraction of sp³-hybridized carbons (Fsp3) is 0.182. The van der Waals surface area contributed by atoms with Crippen LogP contribution in [0.3, 0.4) is 0 Å². The zero-order valence-electron chi connectivity index (χ0n) is 16.4. The number of fused-ring (bicyclic) bond motifs is 1. The van der Waals surface area contributed by atoms with Crippen LogP contribution < -0.4 is 10.1 Å². The van der Waals surface area contributed by atoms with Crippen LogP contribution in [0.1, 0.15) is 40.3 Å². The predicted octanol–water partition coefficient (Wildman–Crippen LogP) is 3.86. The second-order valence-corrected chi connectivity index (χ2v) is 8.66. The average Bonchev–Trinajstić information content (AvgIpc) is 3.11. The minimum Gasteiger partial charge on any atom is -0.455 e. The van der Waals surface area contributed by atoms with Crippen LogP contribution in [0, 0.1) is 6.92 Å². The van der Waals surface area contributed by atoms with E-state index in [4.69, 9.17) is 4.42 Å². The van der Waals surface area contributed by atoms with Crippen LogP contribution in [0.15, 0.2) is 75.1 Å². The highest BCUT2D eigenvalue weighted by Crippen LogP contribution is 2.30. The summed E-state index contributed by atoms with van der Waals surface area (Å²) in [5, 5.41) is 6.99. The maximum Gasteiger partial charge on any atom is 0.291 e. The van der Waals surface area contributed by atoms with Gasteiger partial charge in [-0.05, 0) is 44.0 Å². The van der Waals surface area contributed by atoms with E-state index in [1.807, 2.05) is 18.2 Å². The summed E-state index contributed by atoms with van der Waals surface area (Å²) in [6.07, 6.45) is 2.01. The second-order valence-electron chi connectivity index (χ2n) is 6.99. The van der Waals surface area contributed by atoms with Crippen molar-refractivity contribution in [1.29, 1.82) is 0 Å². The van der Waals surface area contributed by atoms with Crippen LogP contribution in [0.4, 0.5) is 5.69 Å². The molecule has 2 aromatic carbocycles. The number of furan rings is 1. The normalized spacial score (nSPS) is 14.9. The molecule has 1 aromatic heterocycles. The van der Waals surface area contributed by atoms with Crippen molar-refractivity contribution in [3.63, 3.8) is 0 Å². The summed E-state index contributed by atoms with van der Waals surface area (Å²) >= 11 is 0. The Hall–Kier alpha value is -3.39. The summed E-state index contributed by atoms with van der Waals surface area (Å²) in [7, 11) is -3.77. The zero-order chi connectivity index (χ0) is 21.1. The molecule has 30 heavy (non-hydrogen) atoms. The summed E-state index contributed by atoms with van der Waals surface area (Å²) < 4.78 is 30.8. The first-order valence-electron chi connectivity index (χ1n) is 9.58. The molecule has 7 nitrogen and oxygen atoms in total. The van der Waals surface area contributed by atoms with Crippen LogP contribution >= 0.6 is 0 Å². The summed E-state index contributed by atoms with van der Waals surface area (Å²) in [5.41, 5.74) is 2.59. The molecule has 3 aromatic rings. The topological polar surface area (TPSA) is 101 Å². The number of para-hydroxylation sites is 1. The van der Waals surface area contributed by atoms with Crippen molar-refractivity contribution in [2.24, 2.45) is 5.10 Å². The number of amides is 1. The van der Waals surface area contributed by atoms with E-state index in [1.165, 1.54) is 12.1 Å². The molecule has 2 N–H and O–H groups in total. The summed E-state index contributed by atoms with van der Waals surface area (Å²) in [4.78, 5) is 15.2. The van der Waals surface area contributed by atoms with Crippen molar-refractivity contribution in [3.05, 3.63) is 83.3 Å². The van der Waals surface area contributed by atoms with Gasteiger partial charge in [0.2, 0.25) is 0 Å². The van der Waals surface area contributed by atoms with Crippen molar-refractivity contribution in [2.45, 2.75) is 31.1 Å². The number of hydrazone groups is 1. The van der Waals surface area contributed by atoms with Crippen molar-refractivity contribution >= 4 is 27.3 Å². The fourth-order valence-electron chi connectivity index (χ4n) is 3.47. The van der Waals surface area contributed by atoms with Gasteiger partial charge in [-0.15, -0.1) is 0 Å². The Bertz CT molecular complexity index is 1200. The Morgan fingerprint density at radius 2 is 1.67 bits per heavy atom. The first-order chi connectivity index (χ1) is 14.5. The van der Waals surface area contributed by atoms with Gasteiger partial charge in [0.1, 0.15) is 5.76 Å². The van der Waals surface area contributed by atoms with E-state index in [0.717, 1.165) is 6.42 Å². The molecule has 154 valence electrons. The molecule has 1 aliphatic carbocycles. The molecule has 4 rings (SSSR count). The largest absolute Gasteiger partial charge is 0.455 e. The molecule has 0 spiro atoms. The minimum absolute atomic E-state index is 0.136. The Morgan fingerprint density at radius 1 is 1.00 bits per heavy atom. The highest BCUT2D eigenvalue weighted by atomic mass is 32.2. The number of aryl methyl sites for hydroxylation is 1. The number of nitrogens with one attached hydrogen (secondary N) is 2. The number of hydrogen-bond acceptors (Lipinski definition) is 5. The molecule has 0 saturated heterocycles. The molecule has 0 unspecified atom stereocenters.